The fourth-order valence-corrected chi connectivity index (χ4v) is 6.94. The minimum atomic E-state index is -3.57. The Balaban J connectivity index is 1.54. The van der Waals surface area contributed by atoms with E-state index >= 15 is 0 Å². The minimum absolute atomic E-state index is 0.0768. The van der Waals surface area contributed by atoms with Crippen LogP contribution in [0, 0.1) is 5.92 Å². The second kappa shape index (κ2) is 9.79. The molecule has 1 N–H and O–H groups in total. The maximum atomic E-state index is 12.7. The Bertz CT molecular complexity index is 1060. The molecule has 0 radical (unpaired) electrons. The number of rotatable bonds is 7. The zero-order valence-corrected chi connectivity index (χ0v) is 19.6. The van der Waals surface area contributed by atoms with Crippen LogP contribution in [0.3, 0.4) is 0 Å². The summed E-state index contributed by atoms with van der Waals surface area (Å²) in [4.78, 5) is 0. The molecule has 1 fully saturated rings. The van der Waals surface area contributed by atoms with E-state index in [4.69, 9.17) is 5.10 Å². The van der Waals surface area contributed by atoms with E-state index in [-0.39, 0.29) is 6.04 Å². The molecule has 1 unspecified atom stereocenters. The Kier molecular flexibility index (Phi) is 7.08. The van der Waals surface area contributed by atoms with E-state index in [1.54, 1.807) is 6.08 Å². The van der Waals surface area contributed by atoms with Gasteiger partial charge in [-0.2, -0.15) is 5.10 Å². The van der Waals surface area contributed by atoms with Crippen molar-refractivity contribution in [1.29, 1.82) is 0 Å². The summed E-state index contributed by atoms with van der Waals surface area (Å²) < 4.78 is 42.3. The molecule has 2 atom stereocenters. The van der Waals surface area contributed by atoms with Crippen molar-refractivity contribution < 1.29 is 12.6 Å². The lowest BCUT2D eigenvalue weighted by atomic mass is 9.85. The number of benzene rings is 1. The summed E-state index contributed by atoms with van der Waals surface area (Å²) in [6.45, 7) is 2.58. The molecule has 0 saturated heterocycles. The van der Waals surface area contributed by atoms with Gasteiger partial charge in [-0.1, -0.05) is 49.6 Å². The smallest absolute Gasteiger partial charge is 0.234 e. The molecule has 1 saturated carbocycles. The highest BCUT2D eigenvalue weighted by atomic mass is 32.2. The van der Waals surface area contributed by atoms with Crippen molar-refractivity contribution in [2.45, 2.75) is 63.8 Å². The maximum absolute atomic E-state index is 12.7. The Morgan fingerprint density at radius 2 is 1.97 bits per heavy atom. The molecule has 1 aromatic heterocycles. The summed E-state index contributed by atoms with van der Waals surface area (Å²) >= 11 is 0. The van der Waals surface area contributed by atoms with Gasteiger partial charge in [0.1, 0.15) is 0 Å². The first kappa shape index (κ1) is 22.4. The molecule has 31 heavy (non-hydrogen) atoms. The minimum Gasteiger partial charge on any atom is -0.264 e. The molecule has 1 aliphatic heterocycles. The molecule has 0 amide bonds. The third-order valence-corrected chi connectivity index (χ3v) is 8.82. The van der Waals surface area contributed by atoms with Crippen LogP contribution in [-0.2, 0) is 39.5 Å². The number of hydrogen-bond acceptors (Lipinski definition) is 4. The van der Waals surface area contributed by atoms with E-state index in [0.717, 1.165) is 29.7 Å². The average Bonchev–Trinajstić information content (AvgIpc) is 3.10. The standard InChI is InChI=1S/C23H31N3O3S2/c1-18(20-10-6-3-7-11-20)25-31(28,29)15-13-22-21-17-30(27)14-12-23(21)26(24-22)16-19-8-4-2-5-9-19/h2,4-5,8-9,13,15,18,20,25H,3,6-7,10-12,14,16-17H2,1H3/b15-13+/t18-,30?/m1/s1. The first-order valence-electron chi connectivity index (χ1n) is 11.1. The summed E-state index contributed by atoms with van der Waals surface area (Å²) in [5, 5.41) is 5.92. The summed E-state index contributed by atoms with van der Waals surface area (Å²) in [5.74, 6) is 1.45. The Morgan fingerprint density at radius 3 is 2.71 bits per heavy atom. The molecule has 0 bridgehead atoms. The fraction of sp³-hybridized carbons (Fsp3) is 0.522. The van der Waals surface area contributed by atoms with Gasteiger partial charge >= 0.3 is 0 Å². The highest BCUT2D eigenvalue weighted by Crippen LogP contribution is 2.27. The van der Waals surface area contributed by atoms with Crippen LogP contribution in [0.1, 0.15) is 61.5 Å². The fourth-order valence-electron chi connectivity index (χ4n) is 4.64. The molecule has 8 heteroatoms. The maximum Gasteiger partial charge on any atom is 0.234 e. The van der Waals surface area contributed by atoms with Gasteiger partial charge in [0, 0.05) is 45.7 Å². The lowest BCUT2D eigenvalue weighted by Gasteiger charge is -2.27. The van der Waals surface area contributed by atoms with E-state index in [1.165, 1.54) is 24.7 Å². The van der Waals surface area contributed by atoms with Crippen LogP contribution >= 0.6 is 0 Å². The third-order valence-electron chi connectivity index (χ3n) is 6.36. The predicted molar refractivity (Wildman–Crippen MR) is 125 cm³/mol. The van der Waals surface area contributed by atoms with Crippen LogP contribution < -0.4 is 4.72 Å². The first-order chi connectivity index (χ1) is 14.9. The number of nitrogens with one attached hydrogen (secondary N) is 1. The molecule has 1 aliphatic carbocycles. The summed E-state index contributed by atoms with van der Waals surface area (Å²) in [5.41, 5.74) is 3.71. The van der Waals surface area contributed by atoms with Crippen LogP contribution in [-0.4, -0.2) is 34.2 Å². The van der Waals surface area contributed by atoms with Crippen molar-refractivity contribution in [3.63, 3.8) is 0 Å². The molecule has 6 nitrogen and oxygen atoms in total. The van der Waals surface area contributed by atoms with Crippen LogP contribution in [0.2, 0.25) is 0 Å². The number of nitrogens with zero attached hydrogens (tertiary/aromatic N) is 2. The van der Waals surface area contributed by atoms with E-state index in [9.17, 15) is 12.6 Å². The number of aromatic nitrogens is 2. The number of sulfonamides is 1. The second-order valence-electron chi connectivity index (χ2n) is 8.64. The lowest BCUT2D eigenvalue weighted by Crippen LogP contribution is -2.37. The van der Waals surface area contributed by atoms with Crippen LogP contribution in [0.15, 0.2) is 35.7 Å². The molecule has 4 rings (SSSR count). The van der Waals surface area contributed by atoms with Gasteiger partial charge in [-0.05, 0) is 37.3 Å². The van der Waals surface area contributed by atoms with Gasteiger partial charge in [0.15, 0.2) is 0 Å². The highest BCUT2D eigenvalue weighted by molar-refractivity contribution is 7.92. The number of fused-ring (bicyclic) bond motifs is 1. The summed E-state index contributed by atoms with van der Waals surface area (Å²) in [7, 11) is -4.51. The average molecular weight is 462 g/mol. The van der Waals surface area contributed by atoms with Gasteiger partial charge in [0.2, 0.25) is 10.0 Å². The zero-order valence-electron chi connectivity index (χ0n) is 18.0. The van der Waals surface area contributed by atoms with Gasteiger partial charge in [0.25, 0.3) is 0 Å². The third kappa shape index (κ3) is 5.73. The van der Waals surface area contributed by atoms with Gasteiger partial charge in [-0.3, -0.25) is 8.89 Å². The molecule has 2 heterocycles. The molecular weight excluding hydrogens is 430 g/mol. The highest BCUT2D eigenvalue weighted by Gasteiger charge is 2.25. The summed E-state index contributed by atoms with van der Waals surface area (Å²) in [6, 6.07) is 9.98. The number of hydrogen-bond donors (Lipinski definition) is 1. The quantitative estimate of drug-likeness (QED) is 0.683. The molecule has 2 aliphatic rings. The topological polar surface area (TPSA) is 81.1 Å². The lowest BCUT2D eigenvalue weighted by molar-refractivity contribution is 0.303. The van der Waals surface area contributed by atoms with Crippen LogP contribution in [0.25, 0.3) is 6.08 Å². The van der Waals surface area contributed by atoms with E-state index < -0.39 is 20.8 Å². The van der Waals surface area contributed by atoms with Crippen molar-refractivity contribution in [3.05, 3.63) is 58.3 Å². The predicted octanol–water partition coefficient (Wildman–Crippen LogP) is 3.60. The Morgan fingerprint density at radius 1 is 1.23 bits per heavy atom. The monoisotopic (exact) mass is 461 g/mol. The van der Waals surface area contributed by atoms with Crippen molar-refractivity contribution in [3.8, 4) is 0 Å². The molecule has 2 aromatic rings. The zero-order chi connectivity index (χ0) is 21.8. The molecule has 1 aromatic carbocycles. The van der Waals surface area contributed by atoms with Gasteiger partial charge in [-0.25, -0.2) is 13.1 Å². The largest absolute Gasteiger partial charge is 0.264 e. The normalized spacial score (nSPS) is 21.3. The molecule has 168 valence electrons. The second-order valence-corrected chi connectivity index (χ2v) is 11.8. The van der Waals surface area contributed by atoms with Gasteiger partial charge < -0.3 is 0 Å². The van der Waals surface area contributed by atoms with Crippen molar-refractivity contribution in [2.75, 3.05) is 5.75 Å². The van der Waals surface area contributed by atoms with E-state index in [1.807, 2.05) is 41.9 Å². The Labute approximate surface area is 187 Å². The van der Waals surface area contributed by atoms with Crippen molar-refractivity contribution >= 4 is 26.9 Å². The van der Waals surface area contributed by atoms with Crippen LogP contribution in [0.4, 0.5) is 0 Å². The van der Waals surface area contributed by atoms with E-state index in [2.05, 4.69) is 4.72 Å². The van der Waals surface area contributed by atoms with Gasteiger partial charge in [0.05, 0.1) is 18.0 Å². The Hall–Kier alpha value is -1.77. The molecule has 0 spiro atoms. The first-order valence-corrected chi connectivity index (χ1v) is 14.1. The summed E-state index contributed by atoms with van der Waals surface area (Å²) in [6.07, 6.45) is 8.02. The van der Waals surface area contributed by atoms with E-state index in [0.29, 0.717) is 36.1 Å². The van der Waals surface area contributed by atoms with Gasteiger partial charge in [-0.15, -0.1) is 0 Å². The van der Waals surface area contributed by atoms with Crippen molar-refractivity contribution in [1.82, 2.24) is 14.5 Å². The SMILES string of the molecule is C[C@@H](NS(=O)(=O)/C=C/c1nn(Cc2ccccc2)c2c1CS(=O)CC2)C1CCCCC1. The van der Waals surface area contributed by atoms with Crippen molar-refractivity contribution in [2.24, 2.45) is 5.92 Å². The molecular formula is C23H31N3O3S2. The van der Waals surface area contributed by atoms with Crippen LogP contribution in [0.5, 0.6) is 0 Å².